The van der Waals surface area contributed by atoms with Crippen molar-refractivity contribution in [2.45, 2.75) is 13.8 Å². The van der Waals surface area contributed by atoms with Gasteiger partial charge in [0.15, 0.2) is 0 Å². The molecule has 0 unspecified atom stereocenters. The molecule has 0 radical (unpaired) electrons. The minimum atomic E-state index is 0.746. The lowest BCUT2D eigenvalue weighted by Gasteiger charge is -2.11. The smallest absolute Gasteiger partial charge is 0.131 e. The highest BCUT2D eigenvalue weighted by Crippen LogP contribution is 2.25. The number of nitrogens with one attached hydrogen (secondary N) is 1. The van der Waals surface area contributed by atoms with E-state index in [9.17, 15) is 0 Å². The highest BCUT2D eigenvalue weighted by Gasteiger charge is 2.04. The first kappa shape index (κ1) is 12.9. The number of anilines is 2. The summed E-state index contributed by atoms with van der Waals surface area (Å²) in [5.74, 6) is 0.853. The predicted octanol–water partition coefficient (Wildman–Crippen LogP) is 5.25. The van der Waals surface area contributed by atoms with Crippen molar-refractivity contribution in [3.63, 3.8) is 0 Å². The van der Waals surface area contributed by atoms with Gasteiger partial charge in [0.05, 0.1) is 5.52 Å². The van der Waals surface area contributed by atoms with Gasteiger partial charge >= 0.3 is 0 Å². The van der Waals surface area contributed by atoms with E-state index in [1.807, 2.05) is 43.3 Å². The number of nitrogens with zero attached hydrogens (tertiary/aromatic N) is 1. The molecule has 1 aromatic heterocycles. The average molecular weight is 283 g/mol. The van der Waals surface area contributed by atoms with Gasteiger partial charge in [-0.3, -0.25) is 0 Å². The van der Waals surface area contributed by atoms with E-state index in [-0.39, 0.29) is 0 Å². The van der Waals surface area contributed by atoms with Crippen LogP contribution in [0.25, 0.3) is 10.9 Å². The van der Waals surface area contributed by atoms with Crippen LogP contribution in [0.3, 0.4) is 0 Å². The zero-order valence-corrected chi connectivity index (χ0v) is 12.2. The molecule has 0 spiro atoms. The Morgan fingerprint density at radius 1 is 0.950 bits per heavy atom. The minimum absolute atomic E-state index is 0.746. The maximum absolute atomic E-state index is 5.98. The average Bonchev–Trinajstić information content (AvgIpc) is 2.42. The molecule has 100 valence electrons. The first-order valence-electron chi connectivity index (χ1n) is 6.53. The normalized spacial score (nSPS) is 10.8. The third kappa shape index (κ3) is 2.47. The van der Waals surface area contributed by atoms with Crippen molar-refractivity contribution in [2.24, 2.45) is 0 Å². The van der Waals surface area contributed by atoms with E-state index in [4.69, 9.17) is 11.6 Å². The number of rotatable bonds is 2. The lowest BCUT2D eigenvalue weighted by atomic mass is 10.1. The molecule has 0 saturated carbocycles. The SMILES string of the molecule is Cc1cc(Cl)ccc1Nc1cc(C)c2ccccc2n1. The highest BCUT2D eigenvalue weighted by molar-refractivity contribution is 6.30. The Morgan fingerprint density at radius 2 is 1.75 bits per heavy atom. The minimum Gasteiger partial charge on any atom is -0.340 e. The monoisotopic (exact) mass is 282 g/mol. The molecule has 3 rings (SSSR count). The first-order valence-corrected chi connectivity index (χ1v) is 6.91. The van der Waals surface area contributed by atoms with E-state index in [1.54, 1.807) is 0 Å². The van der Waals surface area contributed by atoms with Gasteiger partial charge in [0, 0.05) is 16.1 Å². The van der Waals surface area contributed by atoms with Crippen molar-refractivity contribution in [1.29, 1.82) is 0 Å². The molecule has 1 heterocycles. The fourth-order valence-electron chi connectivity index (χ4n) is 2.32. The molecule has 0 fully saturated rings. The first-order chi connectivity index (χ1) is 9.63. The second-order valence-electron chi connectivity index (χ2n) is 4.93. The summed E-state index contributed by atoms with van der Waals surface area (Å²) in [4.78, 5) is 4.65. The number of aromatic nitrogens is 1. The van der Waals surface area contributed by atoms with E-state index in [0.29, 0.717) is 0 Å². The highest BCUT2D eigenvalue weighted by atomic mass is 35.5. The summed E-state index contributed by atoms with van der Waals surface area (Å²) in [5, 5.41) is 5.29. The molecule has 2 nitrogen and oxygen atoms in total. The molecule has 0 aliphatic rings. The van der Waals surface area contributed by atoms with Gasteiger partial charge in [-0.05, 0) is 55.3 Å². The van der Waals surface area contributed by atoms with Crippen molar-refractivity contribution >= 4 is 34.0 Å². The summed E-state index contributed by atoms with van der Waals surface area (Å²) < 4.78 is 0. The maximum Gasteiger partial charge on any atom is 0.131 e. The summed E-state index contributed by atoms with van der Waals surface area (Å²) in [7, 11) is 0. The summed E-state index contributed by atoms with van der Waals surface area (Å²) in [5.41, 5.74) is 4.34. The van der Waals surface area contributed by atoms with Crippen molar-refractivity contribution in [3.05, 3.63) is 64.7 Å². The molecule has 1 N–H and O–H groups in total. The van der Waals surface area contributed by atoms with Crippen LogP contribution in [0.2, 0.25) is 5.02 Å². The largest absolute Gasteiger partial charge is 0.340 e. The fourth-order valence-corrected chi connectivity index (χ4v) is 2.55. The van der Waals surface area contributed by atoms with Crippen LogP contribution in [0.1, 0.15) is 11.1 Å². The molecule has 0 bridgehead atoms. The van der Waals surface area contributed by atoms with E-state index in [2.05, 4.69) is 29.4 Å². The van der Waals surface area contributed by atoms with Crippen molar-refractivity contribution in [1.82, 2.24) is 4.98 Å². The van der Waals surface area contributed by atoms with Crippen LogP contribution >= 0.6 is 11.6 Å². The lowest BCUT2D eigenvalue weighted by molar-refractivity contribution is 1.32. The van der Waals surface area contributed by atoms with Crippen molar-refractivity contribution < 1.29 is 0 Å². The zero-order chi connectivity index (χ0) is 14.1. The van der Waals surface area contributed by atoms with Gasteiger partial charge in [0.1, 0.15) is 5.82 Å². The topological polar surface area (TPSA) is 24.9 Å². The molecular formula is C17H15ClN2. The fraction of sp³-hybridized carbons (Fsp3) is 0.118. The molecule has 0 amide bonds. The van der Waals surface area contributed by atoms with Gasteiger partial charge in [-0.15, -0.1) is 0 Å². The van der Waals surface area contributed by atoms with Crippen LogP contribution in [-0.2, 0) is 0 Å². The zero-order valence-electron chi connectivity index (χ0n) is 11.4. The van der Waals surface area contributed by atoms with Gasteiger partial charge in [-0.2, -0.15) is 0 Å². The summed E-state index contributed by atoms with van der Waals surface area (Å²) >= 11 is 5.98. The second kappa shape index (κ2) is 5.14. The van der Waals surface area contributed by atoms with Crippen LogP contribution < -0.4 is 5.32 Å². The van der Waals surface area contributed by atoms with Gasteiger partial charge in [0.25, 0.3) is 0 Å². The maximum atomic E-state index is 5.98. The van der Waals surface area contributed by atoms with Gasteiger partial charge in [-0.1, -0.05) is 29.8 Å². The Hall–Kier alpha value is -2.06. The number of pyridine rings is 1. The second-order valence-corrected chi connectivity index (χ2v) is 5.36. The Labute approximate surface area is 123 Å². The van der Waals surface area contributed by atoms with Gasteiger partial charge in [-0.25, -0.2) is 4.98 Å². The lowest BCUT2D eigenvalue weighted by Crippen LogP contribution is -1.97. The van der Waals surface area contributed by atoms with Crippen LogP contribution in [0.4, 0.5) is 11.5 Å². The van der Waals surface area contributed by atoms with E-state index < -0.39 is 0 Å². The number of hydrogen-bond acceptors (Lipinski definition) is 2. The quantitative estimate of drug-likeness (QED) is 0.694. The van der Waals surface area contributed by atoms with E-state index in [0.717, 1.165) is 27.6 Å². The van der Waals surface area contributed by atoms with E-state index >= 15 is 0 Å². The third-order valence-electron chi connectivity index (χ3n) is 3.37. The molecular weight excluding hydrogens is 268 g/mol. The number of fused-ring (bicyclic) bond motifs is 1. The van der Waals surface area contributed by atoms with Crippen LogP contribution in [0, 0.1) is 13.8 Å². The molecule has 2 aromatic carbocycles. The van der Waals surface area contributed by atoms with Crippen LogP contribution in [-0.4, -0.2) is 4.98 Å². The standard InChI is InChI=1S/C17H15ClN2/c1-11-10-17(20-16-6-4-3-5-14(11)16)19-15-8-7-13(18)9-12(15)2/h3-10H,1-2H3,(H,19,20). The predicted molar refractivity (Wildman–Crippen MR) is 86.0 cm³/mol. The molecule has 3 heteroatoms. The number of aryl methyl sites for hydroxylation is 2. The number of halogens is 1. The number of para-hydroxylation sites is 1. The van der Waals surface area contributed by atoms with Crippen LogP contribution in [0.15, 0.2) is 48.5 Å². The van der Waals surface area contributed by atoms with Gasteiger partial charge in [0.2, 0.25) is 0 Å². The molecule has 0 aliphatic heterocycles. The van der Waals surface area contributed by atoms with E-state index in [1.165, 1.54) is 10.9 Å². The summed E-state index contributed by atoms with van der Waals surface area (Å²) in [6, 6.07) is 16.0. The molecule has 0 saturated heterocycles. The molecule has 0 aliphatic carbocycles. The number of hydrogen-bond donors (Lipinski definition) is 1. The summed E-state index contributed by atoms with van der Waals surface area (Å²) in [6.07, 6.45) is 0. The number of benzene rings is 2. The van der Waals surface area contributed by atoms with Crippen LogP contribution in [0.5, 0.6) is 0 Å². The van der Waals surface area contributed by atoms with Crippen molar-refractivity contribution in [2.75, 3.05) is 5.32 Å². The third-order valence-corrected chi connectivity index (χ3v) is 3.61. The summed E-state index contributed by atoms with van der Waals surface area (Å²) in [6.45, 7) is 4.13. The molecule has 20 heavy (non-hydrogen) atoms. The Morgan fingerprint density at radius 3 is 2.55 bits per heavy atom. The molecule has 3 aromatic rings. The molecule has 0 atom stereocenters. The Bertz CT molecular complexity index is 781. The van der Waals surface area contributed by atoms with Crippen molar-refractivity contribution in [3.8, 4) is 0 Å². The van der Waals surface area contributed by atoms with Gasteiger partial charge < -0.3 is 5.32 Å². The Balaban J connectivity index is 2.02. The Kier molecular flexibility index (Phi) is 3.33.